The van der Waals surface area contributed by atoms with Gasteiger partial charge in [-0.15, -0.1) is 0 Å². The van der Waals surface area contributed by atoms with Gasteiger partial charge in [0, 0.05) is 5.41 Å². The number of nitrogens with two attached hydrogens (primary N) is 2. The molecule has 0 aromatic carbocycles. The van der Waals surface area contributed by atoms with E-state index in [2.05, 4.69) is 54.4 Å². The van der Waals surface area contributed by atoms with E-state index in [1.807, 2.05) is 0 Å². The average molecular weight is 701 g/mol. The first-order valence-electron chi connectivity index (χ1n) is 13.6. The lowest BCUT2D eigenvalue weighted by atomic mass is 10.0. The molecular weight excluding hydrogens is 674 g/mol. The van der Waals surface area contributed by atoms with Crippen LogP contribution in [0.4, 0.5) is 11.6 Å². The number of aromatic nitrogens is 8. The van der Waals surface area contributed by atoms with Crippen molar-refractivity contribution in [3.05, 3.63) is 25.3 Å². The summed E-state index contributed by atoms with van der Waals surface area (Å²) in [4.78, 5) is 24.9. The minimum Gasteiger partial charge on any atom is -0.388 e. The predicted molar refractivity (Wildman–Crippen MR) is 160 cm³/mol. The molecule has 23 heteroatoms. The highest BCUT2D eigenvalue weighted by Gasteiger charge is 2.74. The van der Waals surface area contributed by atoms with Gasteiger partial charge >= 0.3 is 13.6 Å². The number of nitrogen functional groups attached to an aromatic ring is 2. The molecule has 2 saturated heterocycles. The molecule has 4 fully saturated rings. The molecule has 4 aliphatic rings. The van der Waals surface area contributed by atoms with Crippen molar-refractivity contribution in [1.82, 2.24) is 39.0 Å². The number of thiol groups is 2. The summed E-state index contributed by atoms with van der Waals surface area (Å²) in [5.74, 6) is -0.0617. The number of nitrogens with zero attached hydrogens (tertiary/aromatic N) is 8. The second-order valence-electron chi connectivity index (χ2n) is 11.3. The molecule has 0 unspecified atom stereocenters. The summed E-state index contributed by atoms with van der Waals surface area (Å²) in [6, 6.07) is -0.672. The first-order chi connectivity index (χ1) is 21.4. The number of hydrogen-bond donors (Lipinski definition) is 6. The van der Waals surface area contributed by atoms with E-state index >= 15 is 0 Å². The zero-order chi connectivity index (χ0) is 31.5. The van der Waals surface area contributed by atoms with Gasteiger partial charge < -0.3 is 35.5 Å². The third-order valence-electron chi connectivity index (χ3n) is 8.90. The van der Waals surface area contributed by atoms with Crippen LogP contribution in [0.25, 0.3) is 22.3 Å². The number of anilines is 2. The van der Waals surface area contributed by atoms with Gasteiger partial charge in [0.2, 0.25) is 0 Å². The fraction of sp³-hybridized carbons (Fsp3) is 0.545. The number of fused-ring (bicyclic) bond motifs is 4. The SMILES string of the molecule is Nc1ncnc2c1ncn2[C@H]1[C@H](O)[C@@H]2O[P@@](=O)(S)OC[C@H]3O[C@@H](n4cnc5c(N)ncnc54)[C@H](O[P@@](=O)(S)OC[C@]24C[C@H]14)[C@@H]3O. The number of rotatable bonds is 2. The van der Waals surface area contributed by atoms with E-state index in [1.165, 1.54) is 29.9 Å². The second kappa shape index (κ2) is 10.3. The fourth-order valence-corrected chi connectivity index (χ4v) is 9.76. The number of aliphatic hydroxyl groups excluding tert-OH is 2. The summed E-state index contributed by atoms with van der Waals surface area (Å²) in [7, 11) is 0. The zero-order valence-corrected chi connectivity index (χ0v) is 26.4. The Labute approximate surface area is 263 Å². The van der Waals surface area contributed by atoms with Gasteiger partial charge in [-0.3, -0.25) is 18.1 Å². The van der Waals surface area contributed by atoms with E-state index in [-0.39, 0.29) is 35.3 Å². The maximum Gasteiger partial charge on any atom is 0.386 e. The van der Waals surface area contributed by atoms with E-state index in [1.54, 1.807) is 4.57 Å². The largest absolute Gasteiger partial charge is 0.388 e. The minimum atomic E-state index is -4.25. The summed E-state index contributed by atoms with van der Waals surface area (Å²) >= 11 is 8.39. The lowest BCUT2D eigenvalue weighted by molar-refractivity contribution is -0.0554. The van der Waals surface area contributed by atoms with E-state index in [4.69, 9.17) is 34.3 Å². The molecule has 4 aromatic rings. The number of imidazole rings is 2. The van der Waals surface area contributed by atoms with Crippen LogP contribution in [-0.4, -0.2) is 93.0 Å². The van der Waals surface area contributed by atoms with Crippen molar-refractivity contribution in [1.29, 1.82) is 0 Å². The van der Waals surface area contributed by atoms with Crippen molar-refractivity contribution in [3.63, 3.8) is 0 Å². The molecule has 2 saturated carbocycles. The van der Waals surface area contributed by atoms with Crippen molar-refractivity contribution in [3.8, 4) is 0 Å². The molecule has 0 amide bonds. The summed E-state index contributed by atoms with van der Waals surface area (Å²) in [6.45, 7) is -9.24. The quantitative estimate of drug-likeness (QED) is 0.125. The lowest BCUT2D eigenvalue weighted by Gasteiger charge is -2.31. The molecule has 8 rings (SSSR count). The van der Waals surface area contributed by atoms with Crippen molar-refractivity contribution in [2.45, 2.75) is 49.2 Å². The Morgan fingerprint density at radius 3 is 2.18 bits per heavy atom. The Balaban J connectivity index is 1.14. The molecule has 45 heavy (non-hydrogen) atoms. The predicted octanol–water partition coefficient (Wildman–Crippen LogP) is 0.904. The number of ether oxygens (including phenoxy) is 1. The Hall–Kier alpha value is -2.42. The monoisotopic (exact) mass is 700 g/mol. The van der Waals surface area contributed by atoms with Crippen LogP contribution in [-0.2, 0) is 32.0 Å². The Kier molecular flexibility index (Phi) is 6.85. The third-order valence-corrected chi connectivity index (χ3v) is 12.1. The summed E-state index contributed by atoms with van der Waals surface area (Å²) < 4.78 is 59.6. The Morgan fingerprint density at radius 2 is 1.49 bits per heavy atom. The summed E-state index contributed by atoms with van der Waals surface area (Å²) in [6.07, 6.45) is -1.85. The average Bonchev–Trinajstić information content (AvgIpc) is 3.28. The molecule has 0 radical (unpaired) electrons. The van der Waals surface area contributed by atoms with Gasteiger partial charge in [-0.05, 0) is 12.3 Å². The van der Waals surface area contributed by atoms with Gasteiger partial charge in [0.15, 0.2) is 29.2 Å². The molecule has 4 aromatic heterocycles. The van der Waals surface area contributed by atoms with Crippen LogP contribution in [0.15, 0.2) is 25.3 Å². The highest BCUT2D eigenvalue weighted by molar-refractivity contribution is 8.44. The third kappa shape index (κ3) is 4.71. The maximum absolute atomic E-state index is 13.7. The molecule has 11 atom stereocenters. The molecule has 2 bridgehead atoms. The second-order valence-corrected chi connectivity index (χ2v) is 17.1. The summed E-state index contributed by atoms with van der Waals surface area (Å²) in [5, 5.41) is 22.8. The topological polar surface area (TPSA) is 260 Å². The van der Waals surface area contributed by atoms with Crippen LogP contribution >= 0.6 is 38.1 Å². The Morgan fingerprint density at radius 1 is 0.867 bits per heavy atom. The summed E-state index contributed by atoms with van der Waals surface area (Å²) in [5.41, 5.74) is 12.1. The van der Waals surface area contributed by atoms with Gasteiger partial charge in [-0.25, -0.2) is 39.0 Å². The van der Waals surface area contributed by atoms with E-state index in [0.29, 0.717) is 17.6 Å². The molecule has 2 aliphatic heterocycles. The van der Waals surface area contributed by atoms with E-state index in [0.717, 1.165) is 0 Å². The van der Waals surface area contributed by atoms with Crippen LogP contribution in [0, 0.1) is 11.3 Å². The molecule has 6 heterocycles. The van der Waals surface area contributed by atoms with Gasteiger partial charge in [0.1, 0.15) is 54.2 Å². The molecule has 6 N–H and O–H groups in total. The minimum absolute atomic E-state index is 0.109. The highest BCUT2D eigenvalue weighted by Crippen LogP contribution is 2.73. The van der Waals surface area contributed by atoms with Gasteiger partial charge in [0.25, 0.3) is 0 Å². The van der Waals surface area contributed by atoms with Crippen LogP contribution in [0.5, 0.6) is 0 Å². The first kappa shape index (κ1) is 29.9. The lowest BCUT2D eigenvalue weighted by Crippen LogP contribution is -2.37. The molecule has 19 nitrogen and oxygen atoms in total. The van der Waals surface area contributed by atoms with Crippen molar-refractivity contribution in [2.75, 3.05) is 24.7 Å². The van der Waals surface area contributed by atoms with Crippen molar-refractivity contribution >= 4 is 72.1 Å². The molecular formula is C22H26N10O9P2S2. The number of aliphatic hydroxyl groups is 2. The van der Waals surface area contributed by atoms with Crippen LogP contribution in [0.1, 0.15) is 18.7 Å². The normalized spacial score (nSPS) is 41.7. The van der Waals surface area contributed by atoms with Crippen LogP contribution < -0.4 is 11.5 Å². The Bertz CT molecular complexity index is 1930. The van der Waals surface area contributed by atoms with Crippen molar-refractivity contribution in [2.24, 2.45) is 11.3 Å². The zero-order valence-electron chi connectivity index (χ0n) is 22.8. The fourth-order valence-electron chi connectivity index (χ4n) is 6.73. The van der Waals surface area contributed by atoms with E-state index < -0.39 is 68.4 Å². The van der Waals surface area contributed by atoms with Crippen LogP contribution in [0.2, 0.25) is 0 Å². The van der Waals surface area contributed by atoms with Crippen molar-refractivity contribution < 1.29 is 42.2 Å². The molecule has 1 spiro atoms. The van der Waals surface area contributed by atoms with Gasteiger partial charge in [0.05, 0.1) is 31.9 Å². The standard InChI is InChI=1S/C22H26N10O9P2S2/c23-17-10-19(27-4-25-17)31(6-29-10)12-8-1-22(8)3-38-43(36,45)40-15-13(33)9(2-37-42(35,44)41-16(22)14(12)34)39-21(15)32-7-30-11-18(24)26-5-28-20(11)32/h4-9,12-16,21,33-34H,1-3H2,(H,35,44)(H,36,45)(H2,23,25,27)(H2,24,26,28)/t8-,9-,12-,13-,14+,15-,16+,21-,22+,42+,43+/m1/s1. The number of hydrogen-bond acceptors (Lipinski definition) is 17. The van der Waals surface area contributed by atoms with Gasteiger partial charge in [-0.1, -0.05) is 24.5 Å². The smallest absolute Gasteiger partial charge is 0.386 e. The van der Waals surface area contributed by atoms with Crippen LogP contribution in [0.3, 0.4) is 0 Å². The molecule has 240 valence electrons. The van der Waals surface area contributed by atoms with E-state index in [9.17, 15) is 19.3 Å². The first-order valence-corrected chi connectivity index (χ1v) is 19.0. The molecule has 2 aliphatic carbocycles. The van der Waals surface area contributed by atoms with Gasteiger partial charge in [-0.2, -0.15) is 0 Å². The highest BCUT2D eigenvalue weighted by atomic mass is 32.7. The maximum atomic E-state index is 13.7.